The van der Waals surface area contributed by atoms with E-state index in [-0.39, 0.29) is 23.1 Å². The first-order valence-corrected chi connectivity index (χ1v) is 11.0. The number of nitrogens with one attached hydrogen (secondary N) is 2. The molecule has 1 fully saturated rings. The molecule has 0 bridgehead atoms. The van der Waals surface area contributed by atoms with Crippen LogP contribution in [0.2, 0.25) is 0 Å². The molecular weight excluding hydrogens is 386 g/mol. The Morgan fingerprint density at radius 2 is 1.96 bits per heavy atom. The molecule has 1 aromatic carbocycles. The summed E-state index contributed by atoms with van der Waals surface area (Å²) in [6.07, 6.45) is 1.48. The Balaban J connectivity index is 1.82. The maximum Gasteiger partial charge on any atom is 0.257 e. The quantitative estimate of drug-likeness (QED) is 0.538. The monoisotopic (exact) mass is 407 g/mol. The second-order valence-electron chi connectivity index (χ2n) is 6.28. The molecule has 0 radical (unpaired) electrons. The van der Waals surface area contributed by atoms with Gasteiger partial charge in [0.1, 0.15) is 6.54 Å². The topological polar surface area (TPSA) is 95.6 Å². The summed E-state index contributed by atoms with van der Waals surface area (Å²) in [4.78, 5) is 28.2. The molecule has 2 heterocycles. The third-order valence-corrected chi connectivity index (χ3v) is 6.56. The van der Waals surface area contributed by atoms with Crippen LogP contribution in [0.3, 0.4) is 0 Å². The fraction of sp³-hybridized carbons (Fsp3) is 0.333. The molecule has 1 aromatic heterocycles. The molecular formula is C18H21N3O4S2. The summed E-state index contributed by atoms with van der Waals surface area (Å²) in [5.74, 6) is -1.07. The number of thiophene rings is 1. The van der Waals surface area contributed by atoms with E-state index in [9.17, 15) is 18.0 Å². The van der Waals surface area contributed by atoms with Crippen molar-refractivity contribution < 1.29 is 18.0 Å². The van der Waals surface area contributed by atoms with Gasteiger partial charge in [-0.15, -0.1) is 16.2 Å². The zero-order valence-electron chi connectivity index (χ0n) is 14.6. The Kier molecular flexibility index (Phi) is 6.38. The summed E-state index contributed by atoms with van der Waals surface area (Å²) < 4.78 is 25.3. The van der Waals surface area contributed by atoms with Crippen molar-refractivity contribution in [2.24, 2.45) is 5.92 Å². The highest BCUT2D eigenvalue weighted by molar-refractivity contribution is 7.89. The molecule has 7 nitrogen and oxygen atoms in total. The number of ketones is 1. The van der Waals surface area contributed by atoms with Gasteiger partial charge in [0.15, 0.2) is 5.78 Å². The van der Waals surface area contributed by atoms with Crippen LogP contribution in [0, 0.1) is 5.92 Å². The SMILES string of the molecule is O=C(CN(NS(=O)(=O)c1ccccc1)C(=O)C1CCCNC1)c1cccs1. The number of carbonyl (C=O) groups excluding carboxylic acids is 2. The number of rotatable bonds is 7. The number of hydrogen-bond donors (Lipinski definition) is 2. The van der Waals surface area contributed by atoms with Crippen molar-refractivity contribution in [3.8, 4) is 0 Å². The Morgan fingerprint density at radius 1 is 1.19 bits per heavy atom. The highest BCUT2D eigenvalue weighted by Crippen LogP contribution is 2.16. The van der Waals surface area contributed by atoms with Crippen LogP contribution in [0.4, 0.5) is 0 Å². The third-order valence-electron chi connectivity index (χ3n) is 4.29. The fourth-order valence-electron chi connectivity index (χ4n) is 2.89. The number of benzene rings is 1. The molecule has 3 rings (SSSR count). The second-order valence-corrected chi connectivity index (χ2v) is 8.88. The van der Waals surface area contributed by atoms with E-state index in [4.69, 9.17) is 0 Å². The number of carbonyl (C=O) groups is 2. The van der Waals surface area contributed by atoms with Crippen LogP contribution in [-0.4, -0.2) is 44.8 Å². The van der Waals surface area contributed by atoms with Crippen molar-refractivity contribution >= 4 is 33.1 Å². The van der Waals surface area contributed by atoms with Crippen LogP contribution in [0.1, 0.15) is 22.5 Å². The van der Waals surface area contributed by atoms with E-state index < -0.39 is 15.9 Å². The number of sulfonamides is 1. The summed E-state index contributed by atoms with van der Waals surface area (Å²) >= 11 is 1.26. The van der Waals surface area contributed by atoms with E-state index in [1.807, 2.05) is 0 Å². The molecule has 27 heavy (non-hydrogen) atoms. The number of hydrogen-bond acceptors (Lipinski definition) is 6. The smallest absolute Gasteiger partial charge is 0.257 e. The van der Waals surface area contributed by atoms with Crippen LogP contribution < -0.4 is 10.1 Å². The Hall–Kier alpha value is -2.07. The standard InChI is InChI=1S/C18H21N3O4S2/c22-16(17-9-5-11-26-17)13-21(18(23)14-6-4-10-19-12-14)20-27(24,25)15-7-2-1-3-8-15/h1-3,5,7-9,11,14,19-20H,4,6,10,12-13H2. The van der Waals surface area contributed by atoms with Gasteiger partial charge in [-0.05, 0) is 43.0 Å². The van der Waals surface area contributed by atoms with Crippen LogP contribution >= 0.6 is 11.3 Å². The Bertz CT molecular complexity index is 877. The summed E-state index contributed by atoms with van der Waals surface area (Å²) in [6.45, 7) is 0.950. The van der Waals surface area contributed by atoms with Crippen molar-refractivity contribution in [2.45, 2.75) is 17.7 Å². The van der Waals surface area contributed by atoms with Gasteiger partial charge in [-0.2, -0.15) is 0 Å². The van der Waals surface area contributed by atoms with E-state index in [1.165, 1.54) is 23.5 Å². The molecule has 2 N–H and O–H groups in total. The summed E-state index contributed by atoms with van der Waals surface area (Å²) in [5.41, 5.74) is 0. The lowest BCUT2D eigenvalue weighted by Gasteiger charge is -2.29. The molecule has 0 spiro atoms. The van der Waals surface area contributed by atoms with Gasteiger partial charge in [-0.1, -0.05) is 24.3 Å². The van der Waals surface area contributed by atoms with Gasteiger partial charge in [0, 0.05) is 6.54 Å². The molecule has 9 heteroatoms. The van der Waals surface area contributed by atoms with Gasteiger partial charge in [-0.3, -0.25) is 14.6 Å². The predicted octanol–water partition coefficient (Wildman–Crippen LogP) is 1.65. The minimum Gasteiger partial charge on any atom is -0.316 e. The largest absolute Gasteiger partial charge is 0.316 e. The molecule has 1 amide bonds. The van der Waals surface area contributed by atoms with Crippen LogP contribution in [0.5, 0.6) is 0 Å². The van der Waals surface area contributed by atoms with Crippen molar-refractivity contribution in [2.75, 3.05) is 19.6 Å². The van der Waals surface area contributed by atoms with Crippen molar-refractivity contribution in [3.63, 3.8) is 0 Å². The molecule has 1 atom stereocenters. The zero-order chi connectivity index (χ0) is 19.3. The Morgan fingerprint density at radius 3 is 2.59 bits per heavy atom. The number of Topliss-reactive ketones (excluding diaryl/α,β-unsaturated/α-hetero) is 1. The van der Waals surface area contributed by atoms with E-state index >= 15 is 0 Å². The van der Waals surface area contributed by atoms with Gasteiger partial charge in [0.25, 0.3) is 10.0 Å². The second kappa shape index (κ2) is 8.75. The highest BCUT2D eigenvalue weighted by Gasteiger charge is 2.31. The number of amides is 1. The molecule has 1 saturated heterocycles. The average molecular weight is 408 g/mol. The first-order chi connectivity index (χ1) is 13.0. The lowest BCUT2D eigenvalue weighted by atomic mass is 9.98. The minimum atomic E-state index is -3.97. The van der Waals surface area contributed by atoms with Gasteiger partial charge < -0.3 is 5.32 Å². The molecule has 0 aliphatic carbocycles. The van der Waals surface area contributed by atoms with E-state index in [1.54, 1.807) is 35.7 Å². The minimum absolute atomic E-state index is 0.0353. The lowest BCUT2D eigenvalue weighted by molar-refractivity contribution is -0.137. The van der Waals surface area contributed by atoms with Gasteiger partial charge in [0.2, 0.25) is 5.91 Å². The van der Waals surface area contributed by atoms with Crippen LogP contribution in [-0.2, 0) is 14.8 Å². The fourth-order valence-corrected chi connectivity index (χ4v) is 4.62. The van der Waals surface area contributed by atoms with Crippen molar-refractivity contribution in [1.82, 2.24) is 15.2 Å². The van der Waals surface area contributed by atoms with E-state index in [0.717, 1.165) is 18.0 Å². The predicted molar refractivity (Wildman–Crippen MR) is 103 cm³/mol. The number of piperidine rings is 1. The molecule has 1 aliphatic heterocycles. The van der Waals surface area contributed by atoms with Gasteiger partial charge in [0.05, 0.1) is 15.7 Å². The maximum absolute atomic E-state index is 12.9. The first-order valence-electron chi connectivity index (χ1n) is 8.63. The van der Waals surface area contributed by atoms with Crippen LogP contribution in [0.25, 0.3) is 0 Å². The van der Waals surface area contributed by atoms with E-state index in [2.05, 4.69) is 10.1 Å². The van der Waals surface area contributed by atoms with Crippen LogP contribution in [0.15, 0.2) is 52.7 Å². The molecule has 144 valence electrons. The van der Waals surface area contributed by atoms with Gasteiger partial charge in [-0.25, -0.2) is 8.42 Å². The van der Waals surface area contributed by atoms with E-state index in [0.29, 0.717) is 17.8 Å². The highest BCUT2D eigenvalue weighted by atomic mass is 32.2. The Labute approximate surface area is 162 Å². The summed E-state index contributed by atoms with van der Waals surface area (Å²) in [5, 5.41) is 5.85. The molecule has 1 unspecified atom stereocenters. The van der Waals surface area contributed by atoms with Crippen molar-refractivity contribution in [3.05, 3.63) is 52.7 Å². The zero-order valence-corrected chi connectivity index (χ0v) is 16.3. The molecule has 0 saturated carbocycles. The molecule has 1 aliphatic rings. The summed E-state index contributed by atoms with van der Waals surface area (Å²) in [7, 11) is -3.97. The number of nitrogens with zero attached hydrogens (tertiary/aromatic N) is 1. The average Bonchev–Trinajstić information content (AvgIpc) is 3.23. The maximum atomic E-state index is 12.9. The first kappa shape index (κ1) is 19.7. The summed E-state index contributed by atoms with van der Waals surface area (Å²) in [6, 6.07) is 11.2. The van der Waals surface area contributed by atoms with Crippen molar-refractivity contribution in [1.29, 1.82) is 0 Å². The van der Waals surface area contributed by atoms with Gasteiger partial charge >= 0.3 is 0 Å². The molecule has 2 aromatic rings. The normalized spacial score (nSPS) is 17.4. The lowest BCUT2D eigenvalue weighted by Crippen LogP contribution is -2.52. The number of hydrazine groups is 1. The third kappa shape index (κ3) is 5.01.